The van der Waals surface area contributed by atoms with Crippen molar-refractivity contribution in [1.82, 2.24) is 9.78 Å². The average Bonchev–Trinajstić information content (AvgIpc) is 2.48. The first-order valence-electron chi connectivity index (χ1n) is 6.87. The van der Waals surface area contributed by atoms with Crippen LogP contribution in [0.1, 0.15) is 25.7 Å². The van der Waals surface area contributed by atoms with Gasteiger partial charge in [0.05, 0.1) is 19.0 Å². The van der Waals surface area contributed by atoms with Gasteiger partial charge < -0.3 is 15.8 Å². The highest BCUT2D eigenvalue weighted by Gasteiger charge is 2.23. The molecule has 1 aromatic heterocycles. The molecule has 1 saturated carbocycles. The van der Waals surface area contributed by atoms with Crippen LogP contribution >= 0.6 is 11.6 Å². The Labute approximate surface area is 127 Å². The molecule has 116 valence electrons. The summed E-state index contributed by atoms with van der Waals surface area (Å²) in [5, 5.41) is 7.12. The minimum Gasteiger partial charge on any atom is -0.468 e. The lowest BCUT2D eigenvalue weighted by atomic mass is 9.91. The molecule has 8 heteroatoms. The molecule has 7 nitrogen and oxygen atoms in total. The third-order valence-electron chi connectivity index (χ3n) is 3.65. The van der Waals surface area contributed by atoms with Crippen molar-refractivity contribution in [3.8, 4) is 0 Å². The van der Waals surface area contributed by atoms with E-state index in [-0.39, 0.29) is 23.7 Å². The summed E-state index contributed by atoms with van der Waals surface area (Å²) in [6.45, 7) is -0.266. The molecule has 0 aromatic carbocycles. The van der Waals surface area contributed by atoms with E-state index in [0.29, 0.717) is 5.69 Å². The highest BCUT2D eigenvalue weighted by Crippen LogP contribution is 2.23. The molecule has 1 aliphatic rings. The summed E-state index contributed by atoms with van der Waals surface area (Å²) in [5.41, 5.74) is 5.98. The van der Waals surface area contributed by atoms with Crippen LogP contribution in [0.5, 0.6) is 0 Å². The Morgan fingerprint density at radius 1 is 1.57 bits per heavy atom. The van der Waals surface area contributed by atoms with Crippen LogP contribution in [0.2, 0.25) is 5.02 Å². The fourth-order valence-corrected chi connectivity index (χ4v) is 2.60. The van der Waals surface area contributed by atoms with Gasteiger partial charge >= 0.3 is 5.97 Å². The Balaban J connectivity index is 2.16. The third kappa shape index (κ3) is 3.74. The van der Waals surface area contributed by atoms with E-state index in [1.807, 2.05) is 0 Å². The van der Waals surface area contributed by atoms with Crippen molar-refractivity contribution in [2.75, 3.05) is 12.4 Å². The summed E-state index contributed by atoms with van der Waals surface area (Å²) in [6, 6.07) is 0.112. The molecule has 0 radical (unpaired) electrons. The normalized spacial score (nSPS) is 21.9. The number of halogens is 1. The number of nitrogens with zero attached hydrogens (tertiary/aromatic N) is 2. The second-order valence-electron chi connectivity index (χ2n) is 5.11. The number of ether oxygens (including phenoxy) is 1. The Morgan fingerprint density at radius 3 is 2.95 bits per heavy atom. The van der Waals surface area contributed by atoms with E-state index in [1.54, 1.807) is 0 Å². The number of nitrogens with two attached hydrogens (primary N) is 1. The lowest BCUT2D eigenvalue weighted by molar-refractivity contribution is -0.141. The van der Waals surface area contributed by atoms with E-state index in [0.717, 1.165) is 30.4 Å². The first kappa shape index (κ1) is 15.8. The smallest absolute Gasteiger partial charge is 0.327 e. The number of aromatic nitrogens is 2. The van der Waals surface area contributed by atoms with Gasteiger partial charge in [0, 0.05) is 12.1 Å². The van der Waals surface area contributed by atoms with E-state index in [1.165, 1.54) is 13.3 Å². The maximum atomic E-state index is 12.1. The minimum absolute atomic E-state index is 0.00618. The van der Waals surface area contributed by atoms with Gasteiger partial charge in [0.1, 0.15) is 11.6 Å². The summed E-state index contributed by atoms with van der Waals surface area (Å²) < 4.78 is 5.47. The van der Waals surface area contributed by atoms with Gasteiger partial charge in [-0.05, 0) is 12.8 Å². The van der Waals surface area contributed by atoms with Crippen LogP contribution in [0.15, 0.2) is 11.0 Å². The number of hydrogen-bond acceptors (Lipinski definition) is 6. The van der Waals surface area contributed by atoms with Gasteiger partial charge in [-0.25, -0.2) is 4.68 Å². The summed E-state index contributed by atoms with van der Waals surface area (Å²) in [7, 11) is 1.25. The average molecular weight is 315 g/mol. The molecule has 21 heavy (non-hydrogen) atoms. The molecule has 0 aliphatic heterocycles. The fourth-order valence-electron chi connectivity index (χ4n) is 2.40. The van der Waals surface area contributed by atoms with Crippen LogP contribution in [0.3, 0.4) is 0 Å². The Morgan fingerprint density at radius 2 is 2.29 bits per heavy atom. The van der Waals surface area contributed by atoms with Gasteiger partial charge in [-0.3, -0.25) is 9.59 Å². The molecular formula is C13H19ClN4O3. The number of anilines is 1. The van der Waals surface area contributed by atoms with Crippen molar-refractivity contribution >= 4 is 23.3 Å². The number of carbonyl (C=O) groups excluding carboxylic acids is 1. The van der Waals surface area contributed by atoms with E-state index >= 15 is 0 Å². The van der Waals surface area contributed by atoms with Crippen LogP contribution in [-0.2, 0) is 16.1 Å². The molecule has 2 atom stereocenters. The van der Waals surface area contributed by atoms with Gasteiger partial charge in [0.25, 0.3) is 5.56 Å². The van der Waals surface area contributed by atoms with Crippen molar-refractivity contribution in [1.29, 1.82) is 0 Å². The van der Waals surface area contributed by atoms with E-state index in [9.17, 15) is 9.59 Å². The second kappa shape index (κ2) is 6.91. The fraction of sp³-hybridized carbons (Fsp3) is 0.615. The summed E-state index contributed by atoms with van der Waals surface area (Å²) in [6.07, 6.45) is 5.53. The monoisotopic (exact) mass is 314 g/mol. The molecule has 1 aliphatic carbocycles. The van der Waals surface area contributed by atoms with Gasteiger partial charge in [-0.2, -0.15) is 5.10 Å². The number of esters is 1. The summed E-state index contributed by atoms with van der Waals surface area (Å²) in [5.74, 6) is -0.560. The lowest BCUT2D eigenvalue weighted by Crippen LogP contribution is -2.43. The first-order valence-corrected chi connectivity index (χ1v) is 7.25. The van der Waals surface area contributed by atoms with Crippen LogP contribution in [0.4, 0.5) is 5.69 Å². The second-order valence-corrected chi connectivity index (χ2v) is 5.49. The van der Waals surface area contributed by atoms with E-state index in [4.69, 9.17) is 17.3 Å². The number of nitrogens with one attached hydrogen (secondary N) is 1. The summed E-state index contributed by atoms with van der Waals surface area (Å²) >= 11 is 6.06. The molecule has 0 amide bonds. The molecule has 1 heterocycles. The Bertz CT molecular complexity index is 575. The van der Waals surface area contributed by atoms with Crippen molar-refractivity contribution in [3.63, 3.8) is 0 Å². The molecule has 1 aromatic rings. The highest BCUT2D eigenvalue weighted by atomic mass is 35.5. The standard InChI is InChI=1S/C13H19ClN4O3/c1-21-11(19)7-18-13(20)12(14)10(6-16-18)17-9-5-3-2-4-8(9)15/h6,8-9,17H,2-5,7,15H2,1H3. The molecule has 3 N–H and O–H groups in total. The van der Waals surface area contributed by atoms with E-state index in [2.05, 4.69) is 15.2 Å². The number of methoxy groups -OCH3 is 1. The molecule has 1 fully saturated rings. The maximum absolute atomic E-state index is 12.1. The SMILES string of the molecule is COC(=O)Cn1ncc(NC2CCCCC2N)c(Cl)c1=O. The Hall–Kier alpha value is -1.60. The maximum Gasteiger partial charge on any atom is 0.327 e. The lowest BCUT2D eigenvalue weighted by Gasteiger charge is -2.30. The third-order valence-corrected chi connectivity index (χ3v) is 4.02. The largest absolute Gasteiger partial charge is 0.468 e. The molecule has 0 spiro atoms. The van der Waals surface area contributed by atoms with Gasteiger partial charge in [-0.1, -0.05) is 24.4 Å². The van der Waals surface area contributed by atoms with Crippen molar-refractivity contribution in [2.45, 2.75) is 44.3 Å². The Kier molecular flexibility index (Phi) is 5.19. The predicted octanol–water partition coefficient (Wildman–Crippen LogP) is 0.751. The predicted molar refractivity (Wildman–Crippen MR) is 79.4 cm³/mol. The van der Waals surface area contributed by atoms with Crippen molar-refractivity contribution in [2.24, 2.45) is 5.73 Å². The number of rotatable bonds is 4. The summed E-state index contributed by atoms with van der Waals surface area (Å²) in [4.78, 5) is 23.2. The molecule has 0 bridgehead atoms. The highest BCUT2D eigenvalue weighted by molar-refractivity contribution is 6.32. The van der Waals surface area contributed by atoms with Crippen LogP contribution < -0.4 is 16.6 Å². The van der Waals surface area contributed by atoms with Gasteiger partial charge in [-0.15, -0.1) is 0 Å². The van der Waals surface area contributed by atoms with Crippen LogP contribution in [-0.4, -0.2) is 34.9 Å². The zero-order valence-corrected chi connectivity index (χ0v) is 12.6. The molecule has 0 saturated heterocycles. The quantitative estimate of drug-likeness (QED) is 0.796. The van der Waals surface area contributed by atoms with Crippen molar-refractivity contribution in [3.05, 3.63) is 21.6 Å². The van der Waals surface area contributed by atoms with Crippen LogP contribution in [0.25, 0.3) is 0 Å². The molecule has 2 unspecified atom stereocenters. The zero-order chi connectivity index (χ0) is 15.4. The number of hydrogen-bond donors (Lipinski definition) is 2. The van der Waals surface area contributed by atoms with Crippen LogP contribution in [0, 0.1) is 0 Å². The topological polar surface area (TPSA) is 99.2 Å². The van der Waals surface area contributed by atoms with Gasteiger partial charge in [0.15, 0.2) is 0 Å². The molecular weight excluding hydrogens is 296 g/mol. The van der Waals surface area contributed by atoms with Gasteiger partial charge in [0.2, 0.25) is 0 Å². The molecule has 2 rings (SSSR count). The first-order chi connectivity index (χ1) is 10.0. The minimum atomic E-state index is -0.560. The van der Waals surface area contributed by atoms with Crippen molar-refractivity contribution < 1.29 is 9.53 Å². The number of carbonyl (C=O) groups is 1. The van der Waals surface area contributed by atoms with E-state index < -0.39 is 11.5 Å². The zero-order valence-electron chi connectivity index (χ0n) is 11.8.